The molecule has 0 amide bonds. The van der Waals surface area contributed by atoms with Crippen LogP contribution in [0.5, 0.6) is 0 Å². The van der Waals surface area contributed by atoms with E-state index < -0.39 is 0 Å². The zero-order chi connectivity index (χ0) is 18.8. The van der Waals surface area contributed by atoms with Crippen molar-refractivity contribution in [2.45, 2.75) is 11.9 Å². The van der Waals surface area contributed by atoms with Crippen molar-refractivity contribution in [1.29, 1.82) is 0 Å². The summed E-state index contributed by atoms with van der Waals surface area (Å²) >= 11 is 1.68. The van der Waals surface area contributed by atoms with Gasteiger partial charge in [0.25, 0.3) is 0 Å². The fourth-order valence-electron chi connectivity index (χ4n) is 2.98. The molecule has 1 aliphatic rings. The van der Waals surface area contributed by atoms with Gasteiger partial charge < -0.3 is 10.8 Å². The maximum absolute atomic E-state index is 14.7. The summed E-state index contributed by atoms with van der Waals surface area (Å²) in [5.41, 5.74) is 9.34. The van der Waals surface area contributed by atoms with Gasteiger partial charge in [-0.1, -0.05) is 42.3 Å². The Kier molecular flexibility index (Phi) is 5.07. The Hall–Kier alpha value is -2.48. The summed E-state index contributed by atoms with van der Waals surface area (Å²) in [5.74, 6) is 0.729. The molecule has 0 aliphatic carbocycles. The second-order valence-corrected chi connectivity index (χ2v) is 7.52. The number of benzene rings is 2. The number of rotatable bonds is 5. The van der Waals surface area contributed by atoms with E-state index in [2.05, 4.69) is 20.3 Å². The zero-order valence-corrected chi connectivity index (χ0v) is 15.4. The lowest BCUT2D eigenvalue weighted by Gasteiger charge is -2.34. The van der Waals surface area contributed by atoms with Crippen LogP contribution in [0.3, 0.4) is 0 Å². The average Bonchev–Trinajstić information content (AvgIpc) is 2.65. The third kappa shape index (κ3) is 3.95. The molecular weight excluding hydrogens is 363 g/mol. The predicted octanol–water partition coefficient (Wildman–Crippen LogP) is 3.36. The molecule has 3 aromatic rings. The molecule has 1 fully saturated rings. The minimum atomic E-state index is -0.347. The third-order valence-corrected chi connectivity index (χ3v) is 5.58. The number of hydrogen-bond acceptors (Lipinski definition) is 6. The standard InChI is InChI=1S/C20H19FN4OS/c21-18-7-13(5-6-17(18)19-8-24-20(22)9-23-19)16-4-2-1-3-14(16)12-27-25-10-15(26)11-25/h1-9,15,26H,10-12H2,(H2,22,24). The van der Waals surface area contributed by atoms with E-state index in [9.17, 15) is 9.50 Å². The van der Waals surface area contributed by atoms with E-state index in [1.165, 1.54) is 18.5 Å². The number of aromatic nitrogens is 2. The molecule has 4 rings (SSSR count). The van der Waals surface area contributed by atoms with Gasteiger partial charge in [-0.2, -0.15) is 0 Å². The molecule has 0 spiro atoms. The molecule has 0 saturated carbocycles. The number of nitrogens with zero attached hydrogens (tertiary/aromatic N) is 3. The van der Waals surface area contributed by atoms with Gasteiger partial charge in [-0.25, -0.2) is 13.7 Å². The van der Waals surface area contributed by atoms with Crippen LogP contribution in [0.25, 0.3) is 22.4 Å². The topological polar surface area (TPSA) is 75.3 Å². The second-order valence-electron chi connectivity index (χ2n) is 6.45. The number of nitrogen functional groups attached to an aromatic ring is 1. The van der Waals surface area contributed by atoms with Gasteiger partial charge in [-0.3, -0.25) is 4.98 Å². The van der Waals surface area contributed by atoms with Crippen molar-refractivity contribution in [3.05, 3.63) is 66.2 Å². The van der Waals surface area contributed by atoms with E-state index in [0.717, 1.165) is 22.4 Å². The van der Waals surface area contributed by atoms with Crippen molar-refractivity contribution < 1.29 is 9.50 Å². The first-order valence-electron chi connectivity index (χ1n) is 8.62. The molecule has 2 heterocycles. The Labute approximate surface area is 161 Å². The normalized spacial score (nSPS) is 14.9. The number of β-amino-alcohol motifs (C(OH)–C–C–N with tert-alkyl or cyclic N) is 1. The van der Waals surface area contributed by atoms with Gasteiger partial charge in [-0.15, -0.1) is 0 Å². The van der Waals surface area contributed by atoms with E-state index in [4.69, 9.17) is 5.73 Å². The van der Waals surface area contributed by atoms with Crippen LogP contribution in [0, 0.1) is 5.82 Å². The Morgan fingerprint density at radius 2 is 1.93 bits per heavy atom. The molecule has 0 bridgehead atoms. The van der Waals surface area contributed by atoms with Crippen LogP contribution in [0.1, 0.15) is 5.56 Å². The van der Waals surface area contributed by atoms with Crippen LogP contribution in [-0.4, -0.2) is 38.6 Å². The number of anilines is 1. The predicted molar refractivity (Wildman–Crippen MR) is 106 cm³/mol. The van der Waals surface area contributed by atoms with Gasteiger partial charge in [-0.05, 0) is 28.8 Å². The van der Waals surface area contributed by atoms with Gasteiger partial charge in [0.15, 0.2) is 0 Å². The molecular formula is C20H19FN4OS. The largest absolute Gasteiger partial charge is 0.390 e. The first-order chi connectivity index (χ1) is 13.1. The molecule has 0 unspecified atom stereocenters. The Bertz CT molecular complexity index is 945. The van der Waals surface area contributed by atoms with Crippen LogP contribution in [0.2, 0.25) is 0 Å². The van der Waals surface area contributed by atoms with Crippen molar-refractivity contribution in [1.82, 2.24) is 14.3 Å². The molecule has 1 saturated heterocycles. The van der Waals surface area contributed by atoms with Crippen molar-refractivity contribution in [3.63, 3.8) is 0 Å². The van der Waals surface area contributed by atoms with Crippen molar-refractivity contribution in [2.75, 3.05) is 18.8 Å². The molecule has 0 atom stereocenters. The first-order valence-corrected chi connectivity index (χ1v) is 9.56. The summed E-state index contributed by atoms with van der Waals surface area (Å²) in [5, 5.41) is 9.40. The van der Waals surface area contributed by atoms with Crippen LogP contribution in [-0.2, 0) is 5.75 Å². The van der Waals surface area contributed by atoms with Gasteiger partial charge in [0.1, 0.15) is 11.6 Å². The molecule has 138 valence electrons. The van der Waals surface area contributed by atoms with Crippen LogP contribution in [0.15, 0.2) is 54.9 Å². The summed E-state index contributed by atoms with van der Waals surface area (Å²) in [6.07, 6.45) is 2.67. The number of halogens is 1. The molecule has 0 radical (unpaired) electrons. The Morgan fingerprint density at radius 3 is 2.63 bits per heavy atom. The summed E-state index contributed by atoms with van der Waals surface area (Å²) in [7, 11) is 0. The maximum Gasteiger partial charge on any atom is 0.141 e. The highest BCUT2D eigenvalue weighted by atomic mass is 32.2. The van der Waals surface area contributed by atoms with E-state index >= 15 is 0 Å². The molecule has 5 nitrogen and oxygen atoms in total. The Morgan fingerprint density at radius 1 is 1.11 bits per heavy atom. The smallest absolute Gasteiger partial charge is 0.141 e. The lowest BCUT2D eigenvalue weighted by atomic mass is 9.98. The molecule has 7 heteroatoms. The molecule has 1 aromatic heterocycles. The van der Waals surface area contributed by atoms with Gasteiger partial charge >= 0.3 is 0 Å². The quantitative estimate of drug-likeness (QED) is 0.659. The highest BCUT2D eigenvalue weighted by Gasteiger charge is 2.24. The molecule has 2 aromatic carbocycles. The van der Waals surface area contributed by atoms with Crippen molar-refractivity contribution in [2.24, 2.45) is 0 Å². The number of aliphatic hydroxyl groups is 1. The third-order valence-electron chi connectivity index (χ3n) is 4.48. The molecule has 3 N–H and O–H groups in total. The van der Waals surface area contributed by atoms with Gasteiger partial charge in [0, 0.05) is 24.4 Å². The highest BCUT2D eigenvalue weighted by Crippen LogP contribution is 2.32. The monoisotopic (exact) mass is 382 g/mol. The molecule has 1 aliphatic heterocycles. The Balaban J connectivity index is 1.58. The minimum Gasteiger partial charge on any atom is -0.390 e. The first kappa shape index (κ1) is 17.9. The van der Waals surface area contributed by atoms with E-state index in [-0.39, 0.29) is 11.9 Å². The van der Waals surface area contributed by atoms with E-state index in [0.29, 0.717) is 30.2 Å². The van der Waals surface area contributed by atoms with Crippen LogP contribution >= 0.6 is 11.9 Å². The minimum absolute atomic E-state index is 0.217. The van der Waals surface area contributed by atoms with Crippen LogP contribution in [0.4, 0.5) is 10.2 Å². The lowest BCUT2D eigenvalue weighted by molar-refractivity contribution is 0.0616. The fourth-order valence-corrected chi connectivity index (χ4v) is 4.11. The van der Waals surface area contributed by atoms with Crippen molar-refractivity contribution in [3.8, 4) is 22.4 Å². The molecule has 27 heavy (non-hydrogen) atoms. The summed E-state index contributed by atoms with van der Waals surface area (Å²) < 4.78 is 16.9. The SMILES string of the molecule is Nc1cnc(-c2ccc(-c3ccccc3CSN3CC(O)C3)cc2F)cn1. The number of aliphatic hydroxyl groups excluding tert-OH is 1. The lowest BCUT2D eigenvalue weighted by Crippen LogP contribution is -2.46. The summed E-state index contributed by atoms with van der Waals surface area (Å²) in [6.45, 7) is 1.39. The van der Waals surface area contributed by atoms with E-state index in [1.807, 2.05) is 24.3 Å². The van der Waals surface area contributed by atoms with Gasteiger partial charge in [0.2, 0.25) is 0 Å². The number of nitrogens with two attached hydrogens (primary N) is 1. The summed E-state index contributed by atoms with van der Waals surface area (Å²) in [6, 6.07) is 13.1. The fraction of sp³-hybridized carbons (Fsp3) is 0.200. The van der Waals surface area contributed by atoms with E-state index in [1.54, 1.807) is 18.0 Å². The zero-order valence-electron chi connectivity index (χ0n) is 14.5. The van der Waals surface area contributed by atoms with Crippen LogP contribution < -0.4 is 5.73 Å². The second kappa shape index (κ2) is 7.64. The number of hydrogen-bond donors (Lipinski definition) is 2. The van der Waals surface area contributed by atoms with Crippen molar-refractivity contribution >= 4 is 17.8 Å². The summed E-state index contributed by atoms with van der Waals surface area (Å²) in [4.78, 5) is 8.12. The van der Waals surface area contributed by atoms with Gasteiger partial charge in [0.05, 0.1) is 24.2 Å². The average molecular weight is 382 g/mol. The maximum atomic E-state index is 14.7. The highest BCUT2D eigenvalue weighted by molar-refractivity contribution is 7.96.